The van der Waals surface area contributed by atoms with Crippen molar-refractivity contribution in [2.45, 2.75) is 60.0 Å². The molecule has 3 aromatic carbocycles. The zero-order chi connectivity index (χ0) is 29.6. The van der Waals surface area contributed by atoms with Crippen LogP contribution in [0.2, 0.25) is 5.02 Å². The first kappa shape index (κ1) is 28.4. The fourth-order valence-electron chi connectivity index (χ4n) is 5.95. The van der Waals surface area contributed by atoms with Crippen LogP contribution in [-0.4, -0.2) is 5.78 Å². The lowest BCUT2D eigenvalue weighted by molar-refractivity contribution is -0.118. The number of hydrogen-bond donors (Lipinski definition) is 1. The summed E-state index contributed by atoms with van der Waals surface area (Å²) in [4.78, 5) is 15.7. The topological polar surface area (TPSA) is 79.3 Å². The number of anilines is 1. The molecule has 1 heterocycles. The minimum absolute atomic E-state index is 0.0296. The fraction of sp³-hybridized carbons (Fsp3) is 0.294. The SMILES string of the molecule is Cc1ccc(OCc2cc(C)cc(C3C(C#N)=C(N)N(c4ccc(F)c(Cl)c4)C4=C3C(=O)CC(C)(C)C4)c2C)cc1. The van der Waals surface area contributed by atoms with Crippen molar-refractivity contribution in [2.75, 3.05) is 4.90 Å². The fourth-order valence-corrected chi connectivity index (χ4v) is 6.12. The maximum atomic E-state index is 14.1. The molecule has 0 saturated heterocycles. The lowest BCUT2D eigenvalue weighted by Gasteiger charge is -2.44. The predicted octanol–water partition coefficient (Wildman–Crippen LogP) is 7.92. The van der Waals surface area contributed by atoms with Crippen LogP contribution in [-0.2, 0) is 11.4 Å². The summed E-state index contributed by atoms with van der Waals surface area (Å²) in [6, 6.07) is 18.6. The van der Waals surface area contributed by atoms with E-state index in [1.54, 1.807) is 11.0 Å². The Hall–Kier alpha value is -4.08. The smallest absolute Gasteiger partial charge is 0.162 e. The quantitative estimate of drug-likeness (QED) is 0.337. The summed E-state index contributed by atoms with van der Waals surface area (Å²) < 4.78 is 20.2. The number of nitrogens with two attached hydrogens (primary N) is 1. The maximum absolute atomic E-state index is 14.1. The van der Waals surface area contributed by atoms with E-state index in [1.165, 1.54) is 12.1 Å². The first-order chi connectivity index (χ1) is 19.4. The molecule has 0 fully saturated rings. The molecule has 41 heavy (non-hydrogen) atoms. The van der Waals surface area contributed by atoms with Crippen molar-refractivity contribution in [3.05, 3.63) is 116 Å². The molecule has 0 amide bonds. The van der Waals surface area contributed by atoms with E-state index < -0.39 is 11.7 Å². The van der Waals surface area contributed by atoms with Gasteiger partial charge in [0.05, 0.1) is 22.6 Å². The lowest BCUT2D eigenvalue weighted by Crippen LogP contribution is -2.42. The van der Waals surface area contributed by atoms with Crippen molar-refractivity contribution in [3.8, 4) is 11.8 Å². The highest BCUT2D eigenvalue weighted by molar-refractivity contribution is 6.31. The average molecular weight is 570 g/mol. The van der Waals surface area contributed by atoms with Crippen molar-refractivity contribution < 1.29 is 13.9 Å². The third kappa shape index (κ3) is 5.35. The number of Topliss-reactive ketones (excluding diaryl/α,β-unsaturated/α-hetero) is 1. The van der Waals surface area contributed by atoms with Gasteiger partial charge in [0, 0.05) is 23.4 Å². The summed E-state index contributed by atoms with van der Waals surface area (Å²) in [5.74, 6) is -0.246. The van der Waals surface area contributed by atoms with Gasteiger partial charge in [-0.2, -0.15) is 5.26 Å². The highest BCUT2D eigenvalue weighted by Crippen LogP contribution is 2.51. The Bertz CT molecular complexity index is 1660. The number of ketones is 1. The van der Waals surface area contributed by atoms with E-state index in [9.17, 15) is 14.4 Å². The number of allylic oxidation sites excluding steroid dienone is 3. The Kier molecular flexibility index (Phi) is 7.44. The molecule has 5 rings (SSSR count). The van der Waals surface area contributed by atoms with Gasteiger partial charge in [0.25, 0.3) is 0 Å². The van der Waals surface area contributed by atoms with Gasteiger partial charge in [0.1, 0.15) is 24.0 Å². The van der Waals surface area contributed by atoms with Gasteiger partial charge in [-0.3, -0.25) is 9.69 Å². The summed E-state index contributed by atoms with van der Waals surface area (Å²) in [7, 11) is 0. The number of nitrogens with zero attached hydrogens (tertiary/aromatic N) is 2. The first-order valence-corrected chi connectivity index (χ1v) is 14.0. The van der Waals surface area contributed by atoms with Crippen LogP contribution >= 0.6 is 11.6 Å². The summed E-state index contributed by atoms with van der Waals surface area (Å²) in [5, 5.41) is 10.4. The van der Waals surface area contributed by atoms with E-state index in [0.29, 0.717) is 36.4 Å². The minimum Gasteiger partial charge on any atom is -0.489 e. The molecule has 2 aliphatic rings. The number of ether oxygens (including phenoxy) is 1. The lowest BCUT2D eigenvalue weighted by atomic mass is 9.68. The molecule has 7 heteroatoms. The van der Waals surface area contributed by atoms with Gasteiger partial charge >= 0.3 is 0 Å². The number of nitriles is 1. The van der Waals surface area contributed by atoms with Crippen molar-refractivity contribution >= 4 is 23.1 Å². The number of benzene rings is 3. The third-order valence-corrected chi connectivity index (χ3v) is 8.26. The molecule has 0 bridgehead atoms. The van der Waals surface area contributed by atoms with Crippen LogP contribution in [0.4, 0.5) is 10.1 Å². The van der Waals surface area contributed by atoms with Gasteiger partial charge in [-0.1, -0.05) is 60.8 Å². The maximum Gasteiger partial charge on any atom is 0.162 e. The summed E-state index contributed by atoms with van der Waals surface area (Å²) in [6.45, 7) is 10.4. The van der Waals surface area contributed by atoms with E-state index in [2.05, 4.69) is 12.1 Å². The molecule has 0 saturated carbocycles. The number of carbonyl (C=O) groups is 1. The molecule has 210 valence electrons. The Morgan fingerprint density at radius 3 is 2.44 bits per heavy atom. The summed E-state index contributed by atoms with van der Waals surface area (Å²) >= 11 is 6.15. The van der Waals surface area contributed by atoms with E-state index in [4.69, 9.17) is 22.1 Å². The zero-order valence-corrected chi connectivity index (χ0v) is 24.7. The molecule has 1 aliphatic carbocycles. The number of rotatable bonds is 5. The molecule has 0 radical (unpaired) electrons. The van der Waals surface area contributed by atoms with Crippen molar-refractivity contribution in [1.82, 2.24) is 0 Å². The predicted molar refractivity (Wildman–Crippen MR) is 160 cm³/mol. The van der Waals surface area contributed by atoms with Crippen LogP contribution in [0.3, 0.4) is 0 Å². The normalized spacial score (nSPS) is 18.3. The van der Waals surface area contributed by atoms with Crippen LogP contribution in [0.25, 0.3) is 0 Å². The molecular weight excluding hydrogens is 537 g/mol. The Labute approximate surface area is 245 Å². The standard InChI is InChI=1S/C34H33ClFN3O2/c1-19-6-9-24(10-7-19)41-18-22-12-20(2)13-25(21(22)3)31-26(17-37)33(38)39(23-8-11-28(36)27(35)14-23)29-15-34(4,5)16-30(40)32(29)31/h6-14,31H,15-16,18,38H2,1-5H3. The monoisotopic (exact) mass is 569 g/mol. The summed E-state index contributed by atoms with van der Waals surface area (Å²) in [5.41, 5.74) is 13.4. The third-order valence-electron chi connectivity index (χ3n) is 7.97. The average Bonchev–Trinajstić information content (AvgIpc) is 2.90. The molecule has 5 nitrogen and oxygen atoms in total. The number of halogens is 2. The first-order valence-electron chi connectivity index (χ1n) is 13.6. The molecule has 0 spiro atoms. The molecule has 1 unspecified atom stereocenters. The van der Waals surface area contributed by atoms with Gasteiger partial charge in [-0.15, -0.1) is 0 Å². The Morgan fingerprint density at radius 1 is 1.07 bits per heavy atom. The molecular formula is C34H33ClFN3O2. The Morgan fingerprint density at radius 2 is 1.78 bits per heavy atom. The van der Waals surface area contributed by atoms with Crippen LogP contribution < -0.4 is 15.4 Å². The van der Waals surface area contributed by atoms with Gasteiger partial charge < -0.3 is 10.5 Å². The van der Waals surface area contributed by atoms with E-state index >= 15 is 0 Å². The highest BCUT2D eigenvalue weighted by Gasteiger charge is 2.45. The second-order valence-corrected chi connectivity index (χ2v) is 12.2. The zero-order valence-electron chi connectivity index (χ0n) is 23.9. The van der Waals surface area contributed by atoms with Crippen LogP contribution in [0.15, 0.2) is 77.3 Å². The molecule has 1 aliphatic heterocycles. The van der Waals surface area contributed by atoms with Gasteiger partial charge in [-0.05, 0) is 79.6 Å². The van der Waals surface area contributed by atoms with E-state index in [0.717, 1.165) is 33.6 Å². The molecule has 3 aromatic rings. The van der Waals surface area contributed by atoms with Crippen molar-refractivity contribution in [1.29, 1.82) is 5.26 Å². The second kappa shape index (κ2) is 10.7. The van der Waals surface area contributed by atoms with Gasteiger partial charge in [0.15, 0.2) is 5.78 Å². The number of carbonyl (C=O) groups excluding carboxylic acids is 1. The van der Waals surface area contributed by atoms with Crippen LogP contribution in [0.1, 0.15) is 60.4 Å². The highest BCUT2D eigenvalue weighted by atomic mass is 35.5. The molecule has 0 aromatic heterocycles. The van der Waals surface area contributed by atoms with E-state index in [-0.39, 0.29) is 27.6 Å². The molecule has 1 atom stereocenters. The van der Waals surface area contributed by atoms with Gasteiger partial charge in [0.2, 0.25) is 0 Å². The summed E-state index contributed by atoms with van der Waals surface area (Å²) in [6.07, 6.45) is 0.889. The minimum atomic E-state index is -0.635. The number of hydrogen-bond acceptors (Lipinski definition) is 5. The number of aryl methyl sites for hydroxylation is 2. The van der Waals surface area contributed by atoms with Crippen molar-refractivity contribution in [2.24, 2.45) is 11.1 Å². The van der Waals surface area contributed by atoms with E-state index in [1.807, 2.05) is 65.0 Å². The Balaban J connectivity index is 1.67. The van der Waals surface area contributed by atoms with Crippen LogP contribution in [0.5, 0.6) is 5.75 Å². The molecule has 2 N–H and O–H groups in total. The van der Waals surface area contributed by atoms with Gasteiger partial charge in [-0.25, -0.2) is 4.39 Å². The largest absolute Gasteiger partial charge is 0.489 e. The second-order valence-electron chi connectivity index (χ2n) is 11.8. The van der Waals surface area contributed by atoms with Crippen molar-refractivity contribution in [3.63, 3.8) is 0 Å². The van der Waals surface area contributed by atoms with Crippen LogP contribution in [0, 0.1) is 43.3 Å².